The second-order valence-electron chi connectivity index (χ2n) is 11.8. The summed E-state index contributed by atoms with van der Waals surface area (Å²) in [7, 11) is 3.50. The first-order chi connectivity index (χ1) is 16.5. The van der Waals surface area contributed by atoms with Gasteiger partial charge in [0.2, 0.25) is 12.6 Å². The normalized spacial score (nSPS) is 19.0. The third-order valence-electron chi connectivity index (χ3n) is 6.92. The minimum atomic E-state index is -0.485. The molecule has 2 unspecified atom stereocenters. The Morgan fingerprint density at radius 3 is 1.40 bits per heavy atom. The molecule has 2 aromatic rings. The highest BCUT2D eigenvalue weighted by atomic mass is 16.8. The largest absolute Gasteiger partial charge is 0.459 e. The van der Waals surface area contributed by atoms with Gasteiger partial charge < -0.3 is 18.9 Å². The molecule has 2 heterocycles. The van der Waals surface area contributed by atoms with Crippen LogP contribution in [0.2, 0.25) is 0 Å². The molecule has 0 aromatic heterocycles. The second kappa shape index (κ2) is 10.1. The van der Waals surface area contributed by atoms with E-state index >= 15 is 0 Å². The minimum Gasteiger partial charge on any atom is -0.459 e. The highest BCUT2D eigenvalue weighted by Gasteiger charge is 2.41. The second-order valence-corrected chi connectivity index (χ2v) is 11.8. The summed E-state index contributed by atoms with van der Waals surface area (Å²) in [5, 5.41) is 0. The molecule has 2 bridgehead atoms. The molecule has 5 nitrogen and oxygen atoms in total. The molecule has 0 amide bonds. The van der Waals surface area contributed by atoms with Crippen molar-refractivity contribution >= 4 is 0 Å². The van der Waals surface area contributed by atoms with Gasteiger partial charge in [-0.3, -0.25) is 4.74 Å². The number of hydrogen-bond donors (Lipinski definition) is 0. The Hall–Kier alpha value is -2.08. The van der Waals surface area contributed by atoms with Crippen LogP contribution in [0.15, 0.2) is 24.3 Å². The first-order valence-corrected chi connectivity index (χ1v) is 12.8. The van der Waals surface area contributed by atoms with Crippen LogP contribution >= 0.6 is 0 Å². The molecule has 5 heteroatoms. The predicted molar refractivity (Wildman–Crippen MR) is 139 cm³/mol. The molecule has 2 atom stereocenters. The third kappa shape index (κ3) is 5.52. The lowest BCUT2D eigenvalue weighted by atomic mass is 9.83. The van der Waals surface area contributed by atoms with Crippen LogP contribution in [0.3, 0.4) is 0 Å². The summed E-state index contributed by atoms with van der Waals surface area (Å²) in [6, 6.07) is 8.99. The summed E-state index contributed by atoms with van der Waals surface area (Å²) >= 11 is 0. The highest BCUT2D eigenvalue weighted by Crippen LogP contribution is 2.51. The molecular formula is C30H42O5. The van der Waals surface area contributed by atoms with Crippen molar-refractivity contribution in [2.75, 3.05) is 27.4 Å². The molecule has 0 saturated carbocycles. The number of benzene rings is 2. The fourth-order valence-corrected chi connectivity index (χ4v) is 4.77. The van der Waals surface area contributed by atoms with Crippen LogP contribution < -0.4 is 9.47 Å². The first kappa shape index (κ1) is 26.0. The Morgan fingerprint density at radius 1 is 0.657 bits per heavy atom. The molecule has 0 N–H and O–H groups in total. The van der Waals surface area contributed by atoms with Gasteiger partial charge in [-0.1, -0.05) is 53.7 Å². The summed E-state index contributed by atoms with van der Waals surface area (Å²) in [6.07, 6.45) is 2.67. The molecule has 4 rings (SSSR count). The van der Waals surface area contributed by atoms with Crippen LogP contribution in [0.25, 0.3) is 0 Å². The lowest BCUT2D eigenvalue weighted by Crippen LogP contribution is -2.32. The number of aryl methyl sites for hydroxylation is 2. The molecule has 0 saturated heterocycles. The molecular weight excluding hydrogens is 440 g/mol. The zero-order valence-corrected chi connectivity index (χ0v) is 22.7. The zero-order valence-electron chi connectivity index (χ0n) is 22.7. The van der Waals surface area contributed by atoms with E-state index < -0.39 is 12.6 Å². The van der Waals surface area contributed by atoms with Gasteiger partial charge in [0, 0.05) is 27.4 Å². The van der Waals surface area contributed by atoms with E-state index in [4.69, 9.17) is 23.7 Å². The van der Waals surface area contributed by atoms with Gasteiger partial charge in [0.05, 0.1) is 11.1 Å². The predicted octanol–water partition coefficient (Wildman–Crippen LogP) is 6.94. The standard InChI is InChI=1S/C30H42O5/c1-29(2,3)21-15-19(11-9-13-31-7)25-23(17-21)27-34-26-20(12-10-14-32-8)16-22(30(4,5)6)18-24(26)28(33-25)35-27/h15-18,27-28H,9-14H2,1-8H3. The molecule has 35 heavy (non-hydrogen) atoms. The van der Waals surface area contributed by atoms with Crippen molar-refractivity contribution in [1.82, 2.24) is 0 Å². The van der Waals surface area contributed by atoms with Crippen LogP contribution in [-0.4, -0.2) is 27.4 Å². The van der Waals surface area contributed by atoms with Crippen molar-refractivity contribution < 1.29 is 23.7 Å². The van der Waals surface area contributed by atoms with Gasteiger partial charge in [-0.05, 0) is 70.9 Å². The number of fused-ring (bicyclic) bond motifs is 6. The van der Waals surface area contributed by atoms with Crippen molar-refractivity contribution in [1.29, 1.82) is 0 Å². The Morgan fingerprint density at radius 2 is 1.06 bits per heavy atom. The number of rotatable bonds is 8. The van der Waals surface area contributed by atoms with E-state index in [1.807, 2.05) is 0 Å². The minimum absolute atomic E-state index is 0.00137. The van der Waals surface area contributed by atoms with Gasteiger partial charge in [0.15, 0.2) is 0 Å². The molecule has 2 aliphatic heterocycles. The third-order valence-corrected chi connectivity index (χ3v) is 6.92. The van der Waals surface area contributed by atoms with Crippen LogP contribution in [0, 0.1) is 0 Å². The van der Waals surface area contributed by atoms with E-state index in [1.54, 1.807) is 14.2 Å². The molecule has 2 aliphatic rings. The van der Waals surface area contributed by atoms with Gasteiger partial charge in [0.1, 0.15) is 11.5 Å². The smallest absolute Gasteiger partial charge is 0.233 e. The van der Waals surface area contributed by atoms with Crippen molar-refractivity contribution in [3.63, 3.8) is 0 Å². The molecule has 0 aliphatic carbocycles. The Kier molecular flexibility index (Phi) is 7.51. The topological polar surface area (TPSA) is 46.2 Å². The van der Waals surface area contributed by atoms with Crippen LogP contribution in [0.1, 0.15) is 100 Å². The molecule has 2 aromatic carbocycles. The fraction of sp³-hybridized carbons (Fsp3) is 0.600. The molecule has 0 spiro atoms. The molecule has 0 radical (unpaired) electrons. The Balaban J connectivity index is 1.78. The number of hydrogen-bond acceptors (Lipinski definition) is 5. The van der Waals surface area contributed by atoms with Crippen LogP contribution in [0.4, 0.5) is 0 Å². The van der Waals surface area contributed by atoms with Crippen LogP contribution in [0.5, 0.6) is 11.5 Å². The average molecular weight is 483 g/mol. The summed E-state index contributed by atoms with van der Waals surface area (Å²) in [5.41, 5.74) is 6.87. The first-order valence-electron chi connectivity index (χ1n) is 12.8. The van der Waals surface area contributed by atoms with Crippen molar-refractivity contribution in [3.8, 4) is 11.5 Å². The van der Waals surface area contributed by atoms with Crippen molar-refractivity contribution in [2.24, 2.45) is 0 Å². The van der Waals surface area contributed by atoms with E-state index in [0.717, 1.165) is 61.5 Å². The maximum atomic E-state index is 6.64. The van der Waals surface area contributed by atoms with Crippen molar-refractivity contribution in [3.05, 3.63) is 57.6 Å². The van der Waals surface area contributed by atoms with Gasteiger partial charge >= 0.3 is 0 Å². The maximum absolute atomic E-state index is 6.64. The highest BCUT2D eigenvalue weighted by molar-refractivity contribution is 5.53. The Labute approximate surface area is 211 Å². The van der Waals surface area contributed by atoms with E-state index in [1.165, 1.54) is 22.3 Å². The quantitative estimate of drug-likeness (QED) is 0.382. The van der Waals surface area contributed by atoms with Gasteiger partial charge in [-0.15, -0.1) is 0 Å². The number of methoxy groups -OCH3 is 2. The number of ether oxygens (including phenoxy) is 5. The van der Waals surface area contributed by atoms with Gasteiger partial charge in [-0.2, -0.15) is 0 Å². The average Bonchev–Trinajstić information content (AvgIpc) is 2.78. The Bertz CT molecular complexity index is 961. The zero-order chi connectivity index (χ0) is 25.4. The SMILES string of the molecule is COCCCc1cc(C(C)(C)C)cc2c1OC1OC2Oc2c(CCCOC)cc(C(C)(C)C)cc21. The van der Waals surface area contributed by atoms with E-state index in [-0.39, 0.29) is 10.8 Å². The van der Waals surface area contributed by atoms with Gasteiger partial charge in [-0.25, -0.2) is 0 Å². The summed E-state index contributed by atoms with van der Waals surface area (Å²) in [4.78, 5) is 0. The van der Waals surface area contributed by atoms with E-state index in [2.05, 4.69) is 65.8 Å². The van der Waals surface area contributed by atoms with Crippen LogP contribution in [-0.2, 0) is 37.9 Å². The lowest BCUT2D eigenvalue weighted by Gasteiger charge is -2.41. The molecule has 192 valence electrons. The monoisotopic (exact) mass is 482 g/mol. The lowest BCUT2D eigenvalue weighted by molar-refractivity contribution is -0.228. The summed E-state index contributed by atoms with van der Waals surface area (Å²) in [6.45, 7) is 14.9. The van der Waals surface area contributed by atoms with E-state index in [0.29, 0.717) is 0 Å². The van der Waals surface area contributed by atoms with E-state index in [9.17, 15) is 0 Å². The van der Waals surface area contributed by atoms with Gasteiger partial charge in [0.25, 0.3) is 0 Å². The summed E-state index contributed by atoms with van der Waals surface area (Å²) < 4.78 is 30.3. The maximum Gasteiger partial charge on any atom is 0.233 e. The molecule has 0 fully saturated rings. The fourth-order valence-electron chi connectivity index (χ4n) is 4.77. The van der Waals surface area contributed by atoms with Crippen molar-refractivity contribution in [2.45, 2.75) is 90.6 Å². The summed E-state index contributed by atoms with van der Waals surface area (Å²) in [5.74, 6) is 1.81.